The number of rotatable bonds is 4. The lowest BCUT2D eigenvalue weighted by Gasteiger charge is -2.23. The highest BCUT2D eigenvalue weighted by atomic mass is 32.1. The fourth-order valence-electron chi connectivity index (χ4n) is 4.91. The molecule has 4 bridgehead atoms. The normalized spacial score (nSPS) is 20.2. The van der Waals surface area contributed by atoms with Crippen LogP contribution in [0.2, 0.25) is 0 Å². The van der Waals surface area contributed by atoms with Crippen molar-refractivity contribution in [2.75, 3.05) is 39.5 Å². The molecular weight excluding hydrogens is 518 g/mol. The van der Waals surface area contributed by atoms with E-state index in [9.17, 15) is 9.59 Å². The second kappa shape index (κ2) is 12.0. The number of benzene rings is 2. The first-order valence-corrected chi connectivity index (χ1v) is 13.7. The van der Waals surface area contributed by atoms with Crippen LogP contribution in [0.4, 0.5) is 5.13 Å². The van der Waals surface area contributed by atoms with Crippen molar-refractivity contribution >= 4 is 28.3 Å². The number of hydrogen-bond acceptors (Lipinski definition) is 9. The largest absolute Gasteiger partial charge is 0.493 e. The van der Waals surface area contributed by atoms with E-state index in [0.717, 1.165) is 16.8 Å². The SMILES string of the molecule is COc1ccc2cc1Oc1cccc(c1)CO[C@H]1CN(C(=O)CCc3csc(N)n3)C[C@@H]1NC(=O)CN(C)C2. The third-order valence-electron chi connectivity index (χ3n) is 6.81. The molecule has 2 aromatic carbocycles. The molecule has 2 amide bonds. The molecule has 206 valence electrons. The van der Waals surface area contributed by atoms with Gasteiger partial charge in [0.25, 0.3) is 0 Å². The zero-order valence-corrected chi connectivity index (χ0v) is 22.9. The molecule has 0 radical (unpaired) electrons. The monoisotopic (exact) mass is 551 g/mol. The van der Waals surface area contributed by atoms with Gasteiger partial charge in [0, 0.05) is 31.4 Å². The summed E-state index contributed by atoms with van der Waals surface area (Å²) in [4.78, 5) is 34.0. The van der Waals surface area contributed by atoms with Crippen LogP contribution in [0.15, 0.2) is 47.8 Å². The second-order valence-electron chi connectivity index (χ2n) is 9.91. The second-order valence-corrected chi connectivity index (χ2v) is 10.8. The molecule has 0 saturated carbocycles. The lowest BCUT2D eigenvalue weighted by atomic mass is 10.1. The van der Waals surface area contributed by atoms with Crippen LogP contribution in [-0.2, 0) is 33.9 Å². The number of nitrogens with one attached hydrogen (secondary N) is 1. The quantitative estimate of drug-likeness (QED) is 0.508. The fraction of sp³-hybridized carbons (Fsp3) is 0.393. The minimum Gasteiger partial charge on any atom is -0.493 e. The highest BCUT2D eigenvalue weighted by Gasteiger charge is 2.37. The van der Waals surface area contributed by atoms with Gasteiger partial charge in [-0.3, -0.25) is 14.5 Å². The number of aromatic nitrogens is 1. The number of ether oxygens (including phenoxy) is 3. The van der Waals surface area contributed by atoms with Gasteiger partial charge in [-0.15, -0.1) is 11.3 Å². The minimum atomic E-state index is -0.344. The Balaban J connectivity index is 1.33. The van der Waals surface area contributed by atoms with Gasteiger partial charge in [-0.2, -0.15) is 0 Å². The number of carbonyl (C=O) groups excluding carboxylic acids is 2. The van der Waals surface area contributed by atoms with E-state index in [1.165, 1.54) is 11.3 Å². The van der Waals surface area contributed by atoms with Crippen LogP contribution in [0.25, 0.3) is 0 Å². The highest BCUT2D eigenvalue weighted by molar-refractivity contribution is 7.13. The number of anilines is 1. The maximum Gasteiger partial charge on any atom is 0.234 e. The van der Waals surface area contributed by atoms with E-state index < -0.39 is 0 Å². The molecule has 10 nitrogen and oxygen atoms in total. The van der Waals surface area contributed by atoms with Gasteiger partial charge in [0.15, 0.2) is 16.6 Å². The summed E-state index contributed by atoms with van der Waals surface area (Å²) in [5.41, 5.74) is 8.44. The Morgan fingerprint density at radius 3 is 2.87 bits per heavy atom. The number of fused-ring (bicyclic) bond motifs is 5. The van der Waals surface area contributed by atoms with E-state index in [0.29, 0.717) is 61.5 Å². The zero-order chi connectivity index (χ0) is 27.4. The van der Waals surface area contributed by atoms with E-state index in [1.807, 2.05) is 59.8 Å². The van der Waals surface area contributed by atoms with Gasteiger partial charge < -0.3 is 30.2 Å². The standard InChI is InChI=1S/C28H33N5O5S/c1-32-12-18-6-8-23(36-2)24(11-18)38-21-5-3-4-19(10-21)16-37-25-14-33(13-22(25)31-26(34)15-32)27(35)9-7-20-17-39-28(29)30-20/h3-6,8,10-11,17,22,25H,7,9,12-16H2,1-2H3,(H2,29,30)(H,31,34)/t22-,25-/m0/s1. The summed E-state index contributed by atoms with van der Waals surface area (Å²) in [6.07, 6.45) is 0.499. The molecular formula is C28H33N5O5S. The molecule has 3 heterocycles. The molecule has 11 heteroatoms. The molecule has 3 aromatic rings. The van der Waals surface area contributed by atoms with Crippen LogP contribution in [0.1, 0.15) is 23.2 Å². The first-order chi connectivity index (χ1) is 18.9. The van der Waals surface area contributed by atoms with Crippen molar-refractivity contribution in [2.45, 2.75) is 38.1 Å². The molecule has 3 N–H and O–H groups in total. The Hall–Kier alpha value is -3.67. The molecule has 0 aliphatic carbocycles. The third-order valence-corrected chi connectivity index (χ3v) is 7.54. The first kappa shape index (κ1) is 26.9. The number of thiazole rings is 1. The van der Waals surface area contributed by atoms with Crippen LogP contribution < -0.4 is 20.5 Å². The van der Waals surface area contributed by atoms with Crippen molar-refractivity contribution in [1.29, 1.82) is 0 Å². The number of nitrogen functional groups attached to an aromatic ring is 1. The number of methoxy groups -OCH3 is 1. The van der Waals surface area contributed by atoms with Crippen LogP contribution in [0, 0.1) is 0 Å². The number of hydrogen-bond donors (Lipinski definition) is 2. The maximum absolute atomic E-state index is 13.0. The summed E-state index contributed by atoms with van der Waals surface area (Å²) < 4.78 is 18.0. The van der Waals surface area contributed by atoms with E-state index >= 15 is 0 Å². The van der Waals surface area contributed by atoms with Crippen molar-refractivity contribution in [3.63, 3.8) is 0 Å². The zero-order valence-electron chi connectivity index (χ0n) is 22.1. The molecule has 2 atom stereocenters. The first-order valence-electron chi connectivity index (χ1n) is 12.9. The third kappa shape index (κ3) is 6.86. The van der Waals surface area contributed by atoms with Crippen molar-refractivity contribution < 1.29 is 23.8 Å². The average molecular weight is 552 g/mol. The summed E-state index contributed by atoms with van der Waals surface area (Å²) in [6.45, 7) is 1.85. The molecule has 2 aliphatic heterocycles. The van der Waals surface area contributed by atoms with Crippen LogP contribution in [0.3, 0.4) is 0 Å². The fourth-order valence-corrected chi connectivity index (χ4v) is 5.51. The van der Waals surface area contributed by atoms with E-state index in [4.69, 9.17) is 19.9 Å². The van der Waals surface area contributed by atoms with Gasteiger partial charge in [-0.1, -0.05) is 18.2 Å². The summed E-state index contributed by atoms with van der Waals surface area (Å²) in [7, 11) is 3.50. The smallest absolute Gasteiger partial charge is 0.234 e. The highest BCUT2D eigenvalue weighted by Crippen LogP contribution is 2.33. The van der Waals surface area contributed by atoms with Crippen LogP contribution in [0.5, 0.6) is 17.2 Å². The maximum atomic E-state index is 13.0. The lowest BCUT2D eigenvalue weighted by molar-refractivity contribution is -0.131. The Morgan fingerprint density at radius 1 is 1.21 bits per heavy atom. The summed E-state index contributed by atoms with van der Waals surface area (Å²) in [5, 5.41) is 5.48. The average Bonchev–Trinajstić information content (AvgIpc) is 3.51. The van der Waals surface area contributed by atoms with Gasteiger partial charge in [0.1, 0.15) is 5.75 Å². The predicted molar refractivity (Wildman–Crippen MR) is 148 cm³/mol. The summed E-state index contributed by atoms with van der Waals surface area (Å²) in [5.74, 6) is 1.77. The van der Waals surface area contributed by atoms with E-state index in [2.05, 4.69) is 10.3 Å². The van der Waals surface area contributed by atoms with E-state index in [1.54, 1.807) is 12.0 Å². The van der Waals surface area contributed by atoms with Crippen molar-refractivity contribution in [3.05, 3.63) is 64.7 Å². The van der Waals surface area contributed by atoms with Crippen LogP contribution in [-0.4, -0.2) is 72.5 Å². The number of carbonyl (C=O) groups is 2. The number of nitrogens with two attached hydrogens (primary N) is 1. The molecule has 39 heavy (non-hydrogen) atoms. The molecule has 0 spiro atoms. The van der Waals surface area contributed by atoms with Gasteiger partial charge in [0.2, 0.25) is 11.8 Å². The van der Waals surface area contributed by atoms with Gasteiger partial charge in [-0.05, 0) is 48.9 Å². The predicted octanol–water partition coefficient (Wildman–Crippen LogP) is 2.82. The molecule has 0 unspecified atom stereocenters. The van der Waals surface area contributed by atoms with Crippen molar-refractivity contribution in [1.82, 2.24) is 20.1 Å². The molecule has 2 aliphatic rings. The number of nitrogens with zero attached hydrogens (tertiary/aromatic N) is 3. The summed E-state index contributed by atoms with van der Waals surface area (Å²) in [6, 6.07) is 13.1. The van der Waals surface area contributed by atoms with Crippen molar-refractivity contribution in [3.8, 4) is 17.2 Å². The molecule has 1 aromatic heterocycles. The Labute approximate surface area is 231 Å². The number of likely N-dealkylation sites (tertiary alicyclic amines) is 1. The topological polar surface area (TPSA) is 119 Å². The number of aryl methyl sites for hydroxylation is 1. The van der Waals surface area contributed by atoms with Crippen LogP contribution >= 0.6 is 11.3 Å². The number of amides is 2. The van der Waals surface area contributed by atoms with Gasteiger partial charge >= 0.3 is 0 Å². The molecule has 5 rings (SSSR count). The molecule has 1 saturated heterocycles. The Kier molecular flexibility index (Phi) is 8.30. The van der Waals surface area contributed by atoms with Gasteiger partial charge in [-0.25, -0.2) is 4.98 Å². The van der Waals surface area contributed by atoms with E-state index in [-0.39, 0.29) is 30.5 Å². The van der Waals surface area contributed by atoms with Gasteiger partial charge in [0.05, 0.1) is 38.1 Å². The Bertz CT molecular complexity index is 1330. The summed E-state index contributed by atoms with van der Waals surface area (Å²) >= 11 is 1.37. The number of likely N-dealkylation sites (N-methyl/N-ethyl adjacent to an activating group) is 1. The molecule has 1 fully saturated rings. The lowest BCUT2D eigenvalue weighted by Crippen LogP contribution is -2.47. The minimum absolute atomic E-state index is 0.00134. The Morgan fingerprint density at radius 2 is 2.08 bits per heavy atom. The van der Waals surface area contributed by atoms with Crippen molar-refractivity contribution in [2.24, 2.45) is 0 Å².